The van der Waals surface area contributed by atoms with E-state index in [1.807, 2.05) is 12.1 Å². The zero-order valence-electron chi connectivity index (χ0n) is 23.9. The molecule has 6 rings (SSSR count). The van der Waals surface area contributed by atoms with E-state index in [4.69, 9.17) is 17.3 Å². The first-order valence-corrected chi connectivity index (χ1v) is 14.8. The minimum absolute atomic E-state index is 0.0160. The summed E-state index contributed by atoms with van der Waals surface area (Å²) in [6.07, 6.45) is 1.05. The maximum Gasteiger partial charge on any atom is 0.255 e. The lowest BCUT2D eigenvalue weighted by Crippen LogP contribution is -2.64. The van der Waals surface area contributed by atoms with E-state index in [-0.39, 0.29) is 29.7 Å². The molecule has 0 radical (unpaired) electrons. The number of benzene rings is 2. The number of amides is 1. The quantitative estimate of drug-likeness (QED) is 0.321. The van der Waals surface area contributed by atoms with Crippen LogP contribution in [0.2, 0.25) is 5.02 Å². The lowest BCUT2D eigenvalue weighted by molar-refractivity contribution is -0.148. The molecule has 0 aromatic heterocycles. The third-order valence-corrected chi connectivity index (χ3v) is 10.2. The Morgan fingerprint density at radius 1 is 1.19 bits per heavy atom. The van der Waals surface area contributed by atoms with Gasteiger partial charge in [-0.05, 0) is 67.1 Å². The van der Waals surface area contributed by atoms with Gasteiger partial charge >= 0.3 is 0 Å². The summed E-state index contributed by atoms with van der Waals surface area (Å²) < 4.78 is 0. The monoisotopic (exact) mass is 607 g/mol. The summed E-state index contributed by atoms with van der Waals surface area (Å²) in [5, 5.41) is 45.8. The standard InChI is InChI=1S/C32H34ClN3O7/c1-3-35(2)26-20-11-17-10-19-23(27(38)22(17)29(40)32(20,43)30(41)24(28(26)39)31(34)42)21(37)12-18(25(19)33)14-36-9-8-15-6-4-5-7-16(15)13-36/h4-7,12,17,20,26,37,39-40,43H,3,8-11,13-14H2,1-2H3,(H2,34,42)/t17-,20-,26-,32-/m0/s1. The molecule has 0 fully saturated rings. The molecule has 2 aromatic carbocycles. The molecule has 43 heavy (non-hydrogen) atoms. The molecule has 1 aliphatic heterocycles. The van der Waals surface area contributed by atoms with Crippen molar-refractivity contribution in [1.82, 2.24) is 9.80 Å². The second kappa shape index (κ2) is 10.5. The Bertz CT molecular complexity index is 1650. The van der Waals surface area contributed by atoms with Gasteiger partial charge in [0.2, 0.25) is 5.78 Å². The Balaban J connectivity index is 1.41. The Morgan fingerprint density at radius 2 is 1.88 bits per heavy atom. The summed E-state index contributed by atoms with van der Waals surface area (Å²) >= 11 is 6.94. The minimum Gasteiger partial charge on any atom is -0.510 e. The SMILES string of the molecule is CCN(C)[C@@H]1C(O)=C(C(N)=O)C(=O)[C@@]2(O)C(O)=C3C(=O)c4c(O)cc(CN5CCc6ccccc6C5)c(Cl)c4C[C@H]3C[C@@H]12. The van der Waals surface area contributed by atoms with Crippen molar-refractivity contribution in [3.05, 3.63) is 85.8 Å². The molecular weight excluding hydrogens is 574 g/mol. The largest absolute Gasteiger partial charge is 0.510 e. The summed E-state index contributed by atoms with van der Waals surface area (Å²) in [6.45, 7) is 4.14. The van der Waals surface area contributed by atoms with Gasteiger partial charge in [-0.25, -0.2) is 0 Å². The molecule has 2 aromatic rings. The highest BCUT2D eigenvalue weighted by atomic mass is 35.5. The first kappa shape index (κ1) is 29.4. The van der Waals surface area contributed by atoms with Crippen molar-refractivity contribution in [1.29, 1.82) is 0 Å². The van der Waals surface area contributed by atoms with E-state index in [9.17, 15) is 34.8 Å². The van der Waals surface area contributed by atoms with Gasteiger partial charge in [-0.3, -0.25) is 24.2 Å². The van der Waals surface area contributed by atoms with Gasteiger partial charge in [-0.1, -0.05) is 42.8 Å². The lowest BCUT2D eigenvalue weighted by atomic mass is 9.58. The number of fused-ring (bicyclic) bond motifs is 4. The number of rotatable bonds is 5. The summed E-state index contributed by atoms with van der Waals surface area (Å²) in [5.41, 5.74) is 5.27. The van der Waals surface area contributed by atoms with Crippen molar-refractivity contribution >= 4 is 29.1 Å². The van der Waals surface area contributed by atoms with Crippen LogP contribution in [0, 0.1) is 11.8 Å². The number of nitrogens with zero attached hydrogens (tertiary/aromatic N) is 2. The van der Waals surface area contributed by atoms with Crippen LogP contribution in [0.1, 0.15) is 46.0 Å². The number of aliphatic hydroxyl groups excluding tert-OH is 2. The number of carbonyl (C=O) groups excluding carboxylic acids is 3. The van der Waals surface area contributed by atoms with Crippen LogP contribution in [-0.2, 0) is 35.5 Å². The number of primary amides is 1. The van der Waals surface area contributed by atoms with Gasteiger partial charge in [-0.2, -0.15) is 0 Å². The van der Waals surface area contributed by atoms with Gasteiger partial charge in [0, 0.05) is 36.1 Å². The number of aliphatic hydroxyl groups is 3. The van der Waals surface area contributed by atoms with Crippen LogP contribution in [0.4, 0.5) is 0 Å². The fourth-order valence-electron chi connectivity index (χ4n) is 7.51. The highest BCUT2D eigenvalue weighted by Gasteiger charge is 2.63. The van der Waals surface area contributed by atoms with Crippen molar-refractivity contribution in [2.45, 2.75) is 50.9 Å². The van der Waals surface area contributed by atoms with E-state index < -0.39 is 58.0 Å². The molecule has 0 unspecified atom stereocenters. The van der Waals surface area contributed by atoms with Crippen LogP contribution >= 0.6 is 11.6 Å². The third-order valence-electron chi connectivity index (χ3n) is 9.75. The lowest BCUT2D eigenvalue weighted by Gasteiger charge is -2.50. The number of likely N-dealkylation sites (N-methyl/N-ethyl adjacent to an activating group) is 1. The normalized spacial score (nSPS) is 27.1. The Morgan fingerprint density at radius 3 is 2.56 bits per heavy atom. The maximum absolute atomic E-state index is 13.9. The van der Waals surface area contributed by atoms with Crippen LogP contribution < -0.4 is 5.73 Å². The molecule has 0 spiro atoms. The third kappa shape index (κ3) is 4.30. The molecule has 1 heterocycles. The Labute approximate surface area is 253 Å². The minimum atomic E-state index is -2.67. The van der Waals surface area contributed by atoms with Crippen LogP contribution in [0.3, 0.4) is 0 Å². The van der Waals surface area contributed by atoms with Gasteiger partial charge < -0.3 is 26.2 Å². The van der Waals surface area contributed by atoms with E-state index in [1.165, 1.54) is 17.2 Å². The number of halogens is 1. The molecule has 10 nitrogen and oxygen atoms in total. The van der Waals surface area contributed by atoms with Crippen molar-refractivity contribution < 1.29 is 34.8 Å². The number of carbonyl (C=O) groups is 3. The number of aromatic hydroxyl groups is 1. The van der Waals surface area contributed by atoms with Gasteiger partial charge in [0.15, 0.2) is 11.4 Å². The van der Waals surface area contributed by atoms with Crippen molar-refractivity contribution in [2.24, 2.45) is 17.6 Å². The van der Waals surface area contributed by atoms with E-state index in [0.29, 0.717) is 29.2 Å². The second-order valence-corrected chi connectivity index (χ2v) is 12.4. The number of phenolic OH excluding ortho intramolecular Hbond substituents is 1. The zero-order chi connectivity index (χ0) is 31.0. The van der Waals surface area contributed by atoms with E-state index in [2.05, 4.69) is 17.0 Å². The predicted molar refractivity (Wildman–Crippen MR) is 158 cm³/mol. The average Bonchev–Trinajstić information content (AvgIpc) is 2.97. The molecule has 4 atom stereocenters. The molecule has 0 saturated carbocycles. The Kier molecular flexibility index (Phi) is 7.16. The molecule has 0 saturated heterocycles. The van der Waals surface area contributed by atoms with Crippen LogP contribution in [0.25, 0.3) is 0 Å². The number of nitrogens with two attached hydrogens (primary N) is 1. The van der Waals surface area contributed by atoms with E-state index >= 15 is 0 Å². The van der Waals surface area contributed by atoms with Crippen molar-refractivity contribution in [3.63, 3.8) is 0 Å². The molecular formula is C32H34ClN3O7. The molecule has 4 aliphatic rings. The van der Waals surface area contributed by atoms with Gasteiger partial charge in [0.05, 0.1) is 11.6 Å². The first-order chi connectivity index (χ1) is 20.4. The van der Waals surface area contributed by atoms with E-state index in [0.717, 1.165) is 19.5 Å². The van der Waals surface area contributed by atoms with Crippen LogP contribution in [0.15, 0.2) is 53.0 Å². The van der Waals surface area contributed by atoms with Crippen LogP contribution in [0.5, 0.6) is 5.75 Å². The smallest absolute Gasteiger partial charge is 0.255 e. The maximum atomic E-state index is 13.9. The van der Waals surface area contributed by atoms with Crippen molar-refractivity contribution in [2.75, 3.05) is 20.1 Å². The highest BCUT2D eigenvalue weighted by Crippen LogP contribution is 2.53. The van der Waals surface area contributed by atoms with E-state index in [1.54, 1.807) is 18.9 Å². The number of allylic oxidation sites excluding steroid dienone is 1. The number of phenols is 1. The molecule has 0 bridgehead atoms. The predicted octanol–water partition coefficient (Wildman–Crippen LogP) is 2.72. The van der Waals surface area contributed by atoms with Gasteiger partial charge in [-0.15, -0.1) is 0 Å². The van der Waals surface area contributed by atoms with Gasteiger partial charge in [0.1, 0.15) is 22.8 Å². The highest BCUT2D eigenvalue weighted by molar-refractivity contribution is 6.33. The summed E-state index contributed by atoms with van der Waals surface area (Å²) in [6, 6.07) is 8.67. The van der Waals surface area contributed by atoms with Gasteiger partial charge in [0.25, 0.3) is 5.91 Å². The first-order valence-electron chi connectivity index (χ1n) is 14.4. The summed E-state index contributed by atoms with van der Waals surface area (Å²) in [7, 11) is 1.65. The molecule has 6 N–H and O–H groups in total. The van der Waals surface area contributed by atoms with Crippen molar-refractivity contribution in [3.8, 4) is 5.75 Å². The number of Topliss-reactive ketones (excluding diaryl/α,β-unsaturated/α-hetero) is 2. The zero-order valence-corrected chi connectivity index (χ0v) is 24.7. The Hall–Kier alpha value is -3.70. The summed E-state index contributed by atoms with van der Waals surface area (Å²) in [4.78, 5) is 43.5. The molecule has 11 heteroatoms. The molecule has 226 valence electrons. The fourth-order valence-corrected chi connectivity index (χ4v) is 7.79. The second-order valence-electron chi connectivity index (χ2n) is 12.0. The number of ketones is 2. The number of hydrogen-bond donors (Lipinski definition) is 5. The van der Waals surface area contributed by atoms with Crippen LogP contribution in [-0.4, -0.2) is 79.5 Å². The topological polar surface area (TPSA) is 165 Å². The number of hydrogen-bond acceptors (Lipinski definition) is 9. The fraction of sp³-hybridized carbons (Fsp3) is 0.406. The summed E-state index contributed by atoms with van der Waals surface area (Å²) in [5.74, 6) is -6.80. The molecule has 3 aliphatic carbocycles. The average molecular weight is 608 g/mol. The molecule has 1 amide bonds.